The van der Waals surface area contributed by atoms with Gasteiger partial charge in [-0.2, -0.15) is 4.98 Å². The second kappa shape index (κ2) is 6.72. The van der Waals surface area contributed by atoms with Crippen LogP contribution in [0.2, 0.25) is 5.02 Å². The van der Waals surface area contributed by atoms with Crippen LogP contribution in [0.15, 0.2) is 6.20 Å². The minimum Gasteiger partial charge on any atom is -0.396 e. The van der Waals surface area contributed by atoms with Crippen molar-refractivity contribution in [1.82, 2.24) is 9.97 Å². The number of nitrogen functional groups attached to an aromatic ring is 1. The van der Waals surface area contributed by atoms with Crippen LogP contribution in [0.25, 0.3) is 0 Å². The predicted molar refractivity (Wildman–Crippen MR) is 73.4 cm³/mol. The fourth-order valence-electron chi connectivity index (χ4n) is 1.53. The summed E-state index contributed by atoms with van der Waals surface area (Å²) in [5.74, 6) is 6.11. The fraction of sp³-hybridized carbons (Fsp3) is 0.636. The molecule has 102 valence electrons. The van der Waals surface area contributed by atoms with Crippen molar-refractivity contribution < 1.29 is 5.11 Å². The van der Waals surface area contributed by atoms with Gasteiger partial charge in [0.25, 0.3) is 0 Å². The van der Waals surface area contributed by atoms with E-state index in [9.17, 15) is 0 Å². The van der Waals surface area contributed by atoms with Crippen molar-refractivity contribution in [2.24, 2.45) is 11.3 Å². The van der Waals surface area contributed by atoms with E-state index in [1.54, 1.807) is 0 Å². The number of nitrogens with one attached hydrogen (secondary N) is 2. The summed E-state index contributed by atoms with van der Waals surface area (Å²) in [5, 5.41) is 12.5. The van der Waals surface area contributed by atoms with Gasteiger partial charge in [-0.3, -0.25) is 5.43 Å². The Hall–Kier alpha value is -1.11. The molecule has 0 unspecified atom stereocenters. The van der Waals surface area contributed by atoms with E-state index in [4.69, 9.17) is 22.6 Å². The summed E-state index contributed by atoms with van der Waals surface area (Å²) in [7, 11) is 0. The first-order chi connectivity index (χ1) is 8.48. The standard InChI is InChI=1S/C11H20ClN5O/c1-11(2,4-3-5-18)7-15-9-8(12)6-14-10(16-9)17-13/h6,18H,3-5,7,13H2,1-2H3,(H2,14,15,16,17). The molecule has 1 rings (SSSR count). The highest BCUT2D eigenvalue weighted by Crippen LogP contribution is 2.25. The number of aliphatic hydroxyl groups excluding tert-OH is 1. The number of aromatic nitrogens is 2. The zero-order chi connectivity index (χ0) is 13.6. The molecule has 1 aromatic heterocycles. The van der Waals surface area contributed by atoms with Gasteiger partial charge in [-0.25, -0.2) is 10.8 Å². The molecule has 0 spiro atoms. The monoisotopic (exact) mass is 273 g/mol. The Morgan fingerprint density at radius 3 is 2.83 bits per heavy atom. The molecule has 6 nitrogen and oxygen atoms in total. The first-order valence-corrected chi connectivity index (χ1v) is 6.20. The molecule has 5 N–H and O–H groups in total. The average Bonchev–Trinajstić information content (AvgIpc) is 2.35. The number of nitrogens with two attached hydrogens (primary N) is 1. The number of hydrogen-bond acceptors (Lipinski definition) is 6. The van der Waals surface area contributed by atoms with Gasteiger partial charge in [0.15, 0.2) is 5.82 Å². The van der Waals surface area contributed by atoms with Gasteiger partial charge in [-0.15, -0.1) is 0 Å². The van der Waals surface area contributed by atoms with Crippen LogP contribution in [0.5, 0.6) is 0 Å². The molecule has 0 saturated heterocycles. The van der Waals surface area contributed by atoms with Crippen LogP contribution in [-0.4, -0.2) is 28.2 Å². The molecule has 0 fully saturated rings. The summed E-state index contributed by atoms with van der Waals surface area (Å²) >= 11 is 5.99. The Labute approximate surface area is 112 Å². The Balaban J connectivity index is 2.62. The zero-order valence-corrected chi connectivity index (χ0v) is 11.5. The van der Waals surface area contributed by atoms with Crippen LogP contribution < -0.4 is 16.6 Å². The van der Waals surface area contributed by atoms with E-state index in [0.29, 0.717) is 23.3 Å². The Kier molecular flexibility index (Phi) is 5.58. The van der Waals surface area contributed by atoms with Crippen LogP contribution in [0.1, 0.15) is 26.7 Å². The van der Waals surface area contributed by atoms with Crippen molar-refractivity contribution in [2.75, 3.05) is 23.9 Å². The summed E-state index contributed by atoms with van der Waals surface area (Å²) in [6, 6.07) is 0. The Morgan fingerprint density at radius 1 is 1.50 bits per heavy atom. The molecule has 1 aromatic rings. The largest absolute Gasteiger partial charge is 0.396 e. The molecule has 0 aliphatic rings. The third kappa shape index (κ3) is 4.64. The highest BCUT2D eigenvalue weighted by atomic mass is 35.5. The third-order valence-corrected chi connectivity index (χ3v) is 2.90. The van der Waals surface area contributed by atoms with Crippen molar-refractivity contribution in [3.05, 3.63) is 11.2 Å². The van der Waals surface area contributed by atoms with Crippen molar-refractivity contribution in [2.45, 2.75) is 26.7 Å². The number of rotatable bonds is 7. The first-order valence-electron chi connectivity index (χ1n) is 5.82. The molecule has 18 heavy (non-hydrogen) atoms. The Bertz CT molecular complexity index is 386. The Morgan fingerprint density at radius 2 is 2.22 bits per heavy atom. The average molecular weight is 274 g/mol. The minimum absolute atomic E-state index is 0.0489. The van der Waals surface area contributed by atoms with Gasteiger partial charge in [0.05, 0.1) is 6.20 Å². The third-order valence-electron chi connectivity index (χ3n) is 2.62. The van der Waals surface area contributed by atoms with E-state index in [1.807, 2.05) is 0 Å². The molecule has 1 heterocycles. The maximum Gasteiger partial charge on any atom is 0.239 e. The quantitative estimate of drug-likeness (QED) is 0.445. The van der Waals surface area contributed by atoms with Gasteiger partial charge in [-0.1, -0.05) is 25.4 Å². The van der Waals surface area contributed by atoms with Crippen molar-refractivity contribution in [1.29, 1.82) is 0 Å². The zero-order valence-electron chi connectivity index (χ0n) is 10.7. The molecule has 0 amide bonds. The van der Waals surface area contributed by atoms with E-state index in [1.165, 1.54) is 6.20 Å². The van der Waals surface area contributed by atoms with E-state index >= 15 is 0 Å². The molecule has 7 heteroatoms. The second-order valence-corrected chi connectivity index (χ2v) is 5.29. The molecule has 0 aliphatic heterocycles. The van der Waals surface area contributed by atoms with Crippen molar-refractivity contribution >= 4 is 23.4 Å². The highest BCUT2D eigenvalue weighted by Gasteiger charge is 2.18. The molecule has 0 radical (unpaired) electrons. The summed E-state index contributed by atoms with van der Waals surface area (Å²) < 4.78 is 0. The minimum atomic E-state index is 0.0489. The van der Waals surface area contributed by atoms with Crippen LogP contribution in [-0.2, 0) is 0 Å². The summed E-state index contributed by atoms with van der Waals surface area (Å²) in [4.78, 5) is 8.03. The smallest absolute Gasteiger partial charge is 0.239 e. The lowest BCUT2D eigenvalue weighted by Gasteiger charge is -2.25. The van der Waals surface area contributed by atoms with Gasteiger partial charge in [0, 0.05) is 13.2 Å². The number of hydrazine groups is 1. The van der Waals surface area contributed by atoms with Gasteiger partial charge < -0.3 is 10.4 Å². The van der Waals surface area contributed by atoms with E-state index in [2.05, 4.69) is 34.6 Å². The van der Waals surface area contributed by atoms with E-state index < -0.39 is 0 Å². The molecule has 0 aliphatic carbocycles. The molecule has 0 saturated carbocycles. The van der Waals surface area contributed by atoms with Crippen molar-refractivity contribution in [3.63, 3.8) is 0 Å². The molecule has 0 aromatic carbocycles. The first kappa shape index (κ1) is 14.9. The maximum atomic E-state index is 8.84. The lowest BCUT2D eigenvalue weighted by molar-refractivity contribution is 0.248. The van der Waals surface area contributed by atoms with Crippen LogP contribution in [0.4, 0.5) is 11.8 Å². The lowest BCUT2D eigenvalue weighted by atomic mass is 9.88. The SMILES string of the molecule is CC(C)(CCCO)CNc1nc(NN)ncc1Cl. The molecule has 0 bridgehead atoms. The lowest BCUT2D eigenvalue weighted by Crippen LogP contribution is -2.24. The number of nitrogens with zero attached hydrogens (tertiary/aromatic N) is 2. The van der Waals surface area contributed by atoms with Gasteiger partial charge in [0.2, 0.25) is 5.95 Å². The summed E-state index contributed by atoms with van der Waals surface area (Å²) in [6.07, 6.45) is 3.19. The summed E-state index contributed by atoms with van der Waals surface area (Å²) in [5.41, 5.74) is 2.42. The maximum absolute atomic E-state index is 8.84. The van der Waals surface area contributed by atoms with Crippen molar-refractivity contribution in [3.8, 4) is 0 Å². The number of halogens is 1. The topological polar surface area (TPSA) is 96.1 Å². The molecule has 0 atom stereocenters. The van der Waals surface area contributed by atoms with Crippen LogP contribution in [0.3, 0.4) is 0 Å². The normalized spacial score (nSPS) is 11.4. The second-order valence-electron chi connectivity index (χ2n) is 4.88. The van der Waals surface area contributed by atoms with Crippen LogP contribution >= 0.6 is 11.6 Å². The molecular weight excluding hydrogens is 254 g/mol. The van der Waals surface area contributed by atoms with Gasteiger partial charge in [-0.05, 0) is 18.3 Å². The van der Waals surface area contributed by atoms with E-state index in [0.717, 1.165) is 12.8 Å². The van der Waals surface area contributed by atoms with Gasteiger partial charge in [0.1, 0.15) is 5.02 Å². The van der Waals surface area contributed by atoms with Gasteiger partial charge >= 0.3 is 0 Å². The van der Waals surface area contributed by atoms with E-state index in [-0.39, 0.29) is 12.0 Å². The summed E-state index contributed by atoms with van der Waals surface area (Å²) in [6.45, 7) is 5.15. The fourth-order valence-corrected chi connectivity index (χ4v) is 1.69. The molecular formula is C11H20ClN5O. The van der Waals surface area contributed by atoms with Crippen LogP contribution in [0, 0.1) is 5.41 Å². The number of hydrogen-bond donors (Lipinski definition) is 4. The highest BCUT2D eigenvalue weighted by molar-refractivity contribution is 6.32. The predicted octanol–water partition coefficient (Wildman–Crippen LogP) is 1.63. The number of aliphatic hydroxyl groups is 1. The number of anilines is 2.